The Morgan fingerprint density at radius 2 is 1.81 bits per heavy atom. The normalized spacial score (nSPS) is 12.9. The number of hydrogen-bond acceptors (Lipinski definition) is 6. The van der Waals surface area contributed by atoms with Crippen molar-refractivity contribution in [2.24, 2.45) is 0 Å². The van der Waals surface area contributed by atoms with Gasteiger partial charge in [0.1, 0.15) is 13.2 Å². The monoisotopic (exact) mass is 458 g/mol. The molecule has 4 rings (SSSR count). The van der Waals surface area contributed by atoms with Gasteiger partial charge < -0.3 is 14.8 Å². The van der Waals surface area contributed by atoms with Crippen molar-refractivity contribution in [1.82, 2.24) is 5.32 Å². The molecule has 1 N–H and O–H groups in total. The van der Waals surface area contributed by atoms with Crippen molar-refractivity contribution in [3.63, 3.8) is 0 Å². The highest BCUT2D eigenvalue weighted by molar-refractivity contribution is 7.92. The number of carbonyl (C=O) groups is 1. The Kier molecular flexibility index (Phi) is 6.15. The van der Waals surface area contributed by atoms with Gasteiger partial charge in [-0.1, -0.05) is 18.2 Å². The van der Waals surface area contributed by atoms with Crippen molar-refractivity contribution in [1.29, 1.82) is 0 Å². The van der Waals surface area contributed by atoms with Gasteiger partial charge in [-0.3, -0.25) is 9.10 Å². The Morgan fingerprint density at radius 3 is 2.48 bits per heavy atom. The molecule has 0 fully saturated rings. The molecule has 0 bridgehead atoms. The second-order valence-corrected chi connectivity index (χ2v) is 9.87. The van der Waals surface area contributed by atoms with Crippen LogP contribution >= 0.6 is 11.3 Å². The first-order valence-electron chi connectivity index (χ1n) is 9.71. The van der Waals surface area contributed by atoms with E-state index in [-0.39, 0.29) is 17.3 Å². The van der Waals surface area contributed by atoms with Gasteiger partial charge in [-0.05, 0) is 41.3 Å². The molecule has 9 heteroatoms. The van der Waals surface area contributed by atoms with Gasteiger partial charge in [0.15, 0.2) is 11.5 Å². The molecule has 0 unspecified atom stereocenters. The van der Waals surface area contributed by atoms with E-state index in [2.05, 4.69) is 5.32 Å². The summed E-state index contributed by atoms with van der Waals surface area (Å²) in [5.74, 6) is 0.990. The van der Waals surface area contributed by atoms with Gasteiger partial charge in [0.05, 0.1) is 17.1 Å². The Hall–Kier alpha value is -3.04. The molecule has 0 saturated carbocycles. The number of ether oxygens (including phenoxy) is 2. The first-order chi connectivity index (χ1) is 14.9. The van der Waals surface area contributed by atoms with Crippen LogP contribution in [0.3, 0.4) is 0 Å². The summed E-state index contributed by atoms with van der Waals surface area (Å²) in [6.45, 7) is 2.87. The minimum Gasteiger partial charge on any atom is -0.486 e. The summed E-state index contributed by atoms with van der Waals surface area (Å²) in [6, 6.07) is 15.5. The summed E-state index contributed by atoms with van der Waals surface area (Å²) in [7, 11) is -3.85. The summed E-state index contributed by atoms with van der Waals surface area (Å²) in [4.78, 5) is 12.2. The van der Waals surface area contributed by atoms with Crippen LogP contribution in [0.5, 0.6) is 11.5 Å². The number of amides is 1. The number of thiophene rings is 1. The van der Waals surface area contributed by atoms with Crippen LogP contribution in [0.1, 0.15) is 17.4 Å². The lowest BCUT2D eigenvalue weighted by atomic mass is 10.2. The van der Waals surface area contributed by atoms with Gasteiger partial charge >= 0.3 is 0 Å². The van der Waals surface area contributed by atoms with E-state index < -0.39 is 10.0 Å². The molecule has 0 spiro atoms. The van der Waals surface area contributed by atoms with E-state index in [1.165, 1.54) is 22.6 Å². The van der Waals surface area contributed by atoms with E-state index in [9.17, 15) is 13.2 Å². The molecule has 1 aromatic heterocycles. The lowest BCUT2D eigenvalue weighted by molar-refractivity contribution is -0.119. The second kappa shape index (κ2) is 8.99. The number of rotatable bonds is 7. The number of carbonyl (C=O) groups excluding carboxylic acids is 1. The van der Waals surface area contributed by atoms with Crippen LogP contribution in [-0.2, 0) is 27.9 Å². The fourth-order valence-corrected chi connectivity index (χ4v) is 5.39. The minimum atomic E-state index is -3.85. The number of nitrogens with one attached hydrogen (secondary N) is 1. The average molecular weight is 459 g/mol. The summed E-state index contributed by atoms with van der Waals surface area (Å²) < 4.78 is 39.8. The predicted octanol–water partition coefficient (Wildman–Crippen LogP) is 3.55. The summed E-state index contributed by atoms with van der Waals surface area (Å²) in [6.07, 6.45) is 0. The molecule has 0 aliphatic carbocycles. The minimum absolute atomic E-state index is 0.141. The molecule has 1 aliphatic heterocycles. The SMILES string of the molecule is CC(=O)NCc1ccc(S(=O)(=O)N(Cc2cccs2)c2ccc3c(c2)OCCO3)cc1. The van der Waals surface area contributed by atoms with E-state index >= 15 is 0 Å². The molecule has 0 radical (unpaired) electrons. The highest BCUT2D eigenvalue weighted by atomic mass is 32.2. The number of sulfonamides is 1. The Morgan fingerprint density at radius 1 is 1.06 bits per heavy atom. The van der Waals surface area contributed by atoms with Gasteiger partial charge in [-0.2, -0.15) is 0 Å². The molecule has 1 aliphatic rings. The van der Waals surface area contributed by atoms with Crippen LogP contribution in [0.25, 0.3) is 0 Å². The lowest BCUT2D eigenvalue weighted by Gasteiger charge is -2.26. The average Bonchev–Trinajstić information content (AvgIpc) is 3.29. The summed E-state index contributed by atoms with van der Waals surface area (Å²) in [5.41, 5.74) is 1.32. The third-order valence-corrected chi connectivity index (χ3v) is 7.40. The van der Waals surface area contributed by atoms with Crippen molar-refractivity contribution in [3.8, 4) is 11.5 Å². The van der Waals surface area contributed by atoms with Crippen LogP contribution in [0.2, 0.25) is 0 Å². The van der Waals surface area contributed by atoms with Crippen molar-refractivity contribution in [3.05, 3.63) is 70.4 Å². The number of anilines is 1. The molecule has 31 heavy (non-hydrogen) atoms. The van der Waals surface area contributed by atoms with Crippen LogP contribution in [0.4, 0.5) is 5.69 Å². The van der Waals surface area contributed by atoms with Gasteiger partial charge in [-0.25, -0.2) is 8.42 Å². The molecule has 2 aromatic carbocycles. The number of fused-ring (bicyclic) bond motifs is 1. The quantitative estimate of drug-likeness (QED) is 0.585. The predicted molar refractivity (Wildman–Crippen MR) is 119 cm³/mol. The maximum absolute atomic E-state index is 13.6. The summed E-state index contributed by atoms with van der Waals surface area (Å²) in [5, 5.41) is 4.62. The zero-order valence-electron chi connectivity index (χ0n) is 16.9. The molecule has 2 heterocycles. The second-order valence-electron chi connectivity index (χ2n) is 6.97. The zero-order valence-corrected chi connectivity index (χ0v) is 18.5. The smallest absolute Gasteiger partial charge is 0.264 e. The molecule has 7 nitrogen and oxygen atoms in total. The molecular formula is C22H22N2O5S2. The molecule has 0 atom stereocenters. The van der Waals surface area contributed by atoms with E-state index in [1.807, 2.05) is 17.5 Å². The standard InChI is InChI=1S/C22H22N2O5S2/c1-16(25)23-14-17-4-7-20(8-5-17)31(26,27)24(15-19-3-2-12-30-19)18-6-9-21-22(13-18)29-11-10-28-21/h2-9,12-13H,10-11,14-15H2,1H3,(H,23,25). The van der Waals surface area contributed by atoms with Crippen molar-refractivity contribution in [2.75, 3.05) is 17.5 Å². The van der Waals surface area contributed by atoms with E-state index in [4.69, 9.17) is 9.47 Å². The van der Waals surface area contributed by atoms with Gasteiger partial charge in [0.25, 0.3) is 10.0 Å². The number of nitrogens with zero attached hydrogens (tertiary/aromatic N) is 1. The lowest BCUT2D eigenvalue weighted by Crippen LogP contribution is -2.30. The molecule has 1 amide bonds. The summed E-state index contributed by atoms with van der Waals surface area (Å²) >= 11 is 1.50. The van der Waals surface area contributed by atoms with Crippen LogP contribution in [0, 0.1) is 0 Å². The highest BCUT2D eigenvalue weighted by Gasteiger charge is 2.27. The fourth-order valence-electron chi connectivity index (χ4n) is 3.18. The van der Waals surface area contributed by atoms with Gasteiger partial charge in [-0.15, -0.1) is 11.3 Å². The largest absolute Gasteiger partial charge is 0.486 e. The van der Waals surface area contributed by atoms with Gasteiger partial charge in [0.2, 0.25) is 5.91 Å². The van der Waals surface area contributed by atoms with Crippen molar-refractivity contribution in [2.45, 2.75) is 24.9 Å². The molecule has 162 valence electrons. The first-order valence-corrected chi connectivity index (χ1v) is 12.0. The van der Waals surface area contributed by atoms with E-state index in [0.717, 1.165) is 10.4 Å². The number of hydrogen-bond donors (Lipinski definition) is 1. The van der Waals surface area contributed by atoms with Crippen LogP contribution in [0.15, 0.2) is 64.9 Å². The Balaban J connectivity index is 1.68. The topological polar surface area (TPSA) is 84.9 Å². The van der Waals surface area contributed by atoms with Crippen LogP contribution < -0.4 is 19.1 Å². The molecule has 0 saturated heterocycles. The molecule has 3 aromatic rings. The van der Waals surface area contributed by atoms with E-state index in [0.29, 0.717) is 36.9 Å². The zero-order chi connectivity index (χ0) is 21.8. The van der Waals surface area contributed by atoms with Crippen LogP contribution in [-0.4, -0.2) is 27.5 Å². The first kappa shape index (κ1) is 21.2. The number of benzene rings is 2. The maximum atomic E-state index is 13.6. The van der Waals surface area contributed by atoms with E-state index in [1.54, 1.807) is 42.5 Å². The molecular weight excluding hydrogens is 436 g/mol. The van der Waals surface area contributed by atoms with Gasteiger partial charge in [0, 0.05) is 24.4 Å². The Bertz CT molecular complexity index is 1160. The van der Waals surface area contributed by atoms with Crippen molar-refractivity contribution < 1.29 is 22.7 Å². The fraction of sp³-hybridized carbons (Fsp3) is 0.227. The Labute approximate surface area is 185 Å². The third-order valence-electron chi connectivity index (χ3n) is 4.75. The van der Waals surface area contributed by atoms with Crippen molar-refractivity contribution >= 4 is 33.0 Å². The third kappa shape index (κ3) is 4.83. The highest BCUT2D eigenvalue weighted by Crippen LogP contribution is 2.36. The maximum Gasteiger partial charge on any atom is 0.264 e.